The number of ether oxygens (including phenoxy) is 1. The standard InChI is InChI=1S/C13H12N2O3/c1-2-17-13(16)12-14-11(18-15-12)9-8-10-6-4-3-5-7-10/h3-9H,2H2,1H3/b9-8+. The predicted molar refractivity (Wildman–Crippen MR) is 65.6 cm³/mol. The van der Waals surface area contributed by atoms with Gasteiger partial charge >= 0.3 is 5.97 Å². The summed E-state index contributed by atoms with van der Waals surface area (Å²) in [5.74, 6) is -0.382. The van der Waals surface area contributed by atoms with Crippen LogP contribution >= 0.6 is 0 Å². The molecule has 0 aliphatic rings. The van der Waals surface area contributed by atoms with Crippen LogP contribution in [-0.4, -0.2) is 22.7 Å². The molecule has 0 aliphatic heterocycles. The van der Waals surface area contributed by atoms with Crippen molar-refractivity contribution in [2.75, 3.05) is 6.61 Å². The van der Waals surface area contributed by atoms with Crippen LogP contribution in [0.25, 0.3) is 12.2 Å². The van der Waals surface area contributed by atoms with Gasteiger partial charge in [-0.25, -0.2) is 4.79 Å². The highest BCUT2D eigenvalue weighted by atomic mass is 16.5. The molecule has 0 radical (unpaired) electrons. The van der Waals surface area contributed by atoms with Crippen LogP contribution in [0.2, 0.25) is 0 Å². The number of benzene rings is 1. The number of esters is 1. The molecule has 0 N–H and O–H groups in total. The first kappa shape index (κ1) is 12.0. The average molecular weight is 244 g/mol. The molecular weight excluding hydrogens is 232 g/mol. The maximum atomic E-state index is 11.3. The number of carbonyl (C=O) groups excluding carboxylic acids is 1. The van der Waals surface area contributed by atoms with Gasteiger partial charge < -0.3 is 9.26 Å². The molecular formula is C13H12N2O3. The Balaban J connectivity index is 2.07. The second-order valence-corrected chi connectivity index (χ2v) is 3.42. The van der Waals surface area contributed by atoms with E-state index in [0.29, 0.717) is 0 Å². The zero-order chi connectivity index (χ0) is 12.8. The number of hydrogen-bond acceptors (Lipinski definition) is 5. The van der Waals surface area contributed by atoms with Crippen molar-refractivity contribution in [3.05, 3.63) is 47.6 Å². The van der Waals surface area contributed by atoms with E-state index >= 15 is 0 Å². The van der Waals surface area contributed by atoms with Crippen molar-refractivity contribution in [3.8, 4) is 0 Å². The molecule has 2 aromatic rings. The van der Waals surface area contributed by atoms with Gasteiger partial charge in [-0.15, -0.1) is 0 Å². The van der Waals surface area contributed by atoms with Crippen molar-refractivity contribution in [1.29, 1.82) is 0 Å². The smallest absolute Gasteiger partial charge is 0.379 e. The number of carbonyl (C=O) groups is 1. The van der Waals surface area contributed by atoms with E-state index in [2.05, 4.69) is 10.1 Å². The zero-order valence-electron chi connectivity index (χ0n) is 9.87. The quantitative estimate of drug-likeness (QED) is 0.773. The van der Waals surface area contributed by atoms with E-state index in [1.807, 2.05) is 36.4 Å². The number of hydrogen-bond donors (Lipinski definition) is 0. The molecule has 0 amide bonds. The number of rotatable bonds is 4. The van der Waals surface area contributed by atoms with E-state index in [4.69, 9.17) is 9.26 Å². The predicted octanol–water partition coefficient (Wildman–Crippen LogP) is 2.42. The van der Waals surface area contributed by atoms with Gasteiger partial charge in [-0.3, -0.25) is 0 Å². The van der Waals surface area contributed by atoms with Gasteiger partial charge in [0.25, 0.3) is 11.7 Å². The van der Waals surface area contributed by atoms with Crippen LogP contribution in [0.15, 0.2) is 34.9 Å². The highest BCUT2D eigenvalue weighted by Gasteiger charge is 2.13. The van der Waals surface area contributed by atoms with Gasteiger partial charge in [-0.05, 0) is 23.7 Å². The first-order chi connectivity index (χ1) is 8.79. The Labute approximate surface area is 104 Å². The normalized spacial score (nSPS) is 10.7. The van der Waals surface area contributed by atoms with Gasteiger partial charge in [-0.2, -0.15) is 4.98 Å². The summed E-state index contributed by atoms with van der Waals surface area (Å²) in [4.78, 5) is 15.2. The zero-order valence-corrected chi connectivity index (χ0v) is 9.87. The summed E-state index contributed by atoms with van der Waals surface area (Å²) >= 11 is 0. The van der Waals surface area contributed by atoms with Crippen molar-refractivity contribution >= 4 is 18.1 Å². The third-order valence-electron chi connectivity index (χ3n) is 2.12. The van der Waals surface area contributed by atoms with Gasteiger partial charge in [0.2, 0.25) is 0 Å². The highest BCUT2D eigenvalue weighted by Crippen LogP contribution is 2.06. The van der Waals surface area contributed by atoms with Crippen LogP contribution in [0.5, 0.6) is 0 Å². The Bertz CT molecular complexity index is 546. The first-order valence-electron chi connectivity index (χ1n) is 5.53. The fraction of sp³-hybridized carbons (Fsp3) is 0.154. The largest absolute Gasteiger partial charge is 0.460 e. The van der Waals surface area contributed by atoms with Crippen LogP contribution in [0, 0.1) is 0 Å². The SMILES string of the molecule is CCOC(=O)c1noc(/C=C/c2ccccc2)n1. The highest BCUT2D eigenvalue weighted by molar-refractivity contribution is 5.85. The van der Waals surface area contributed by atoms with Crippen LogP contribution in [0.4, 0.5) is 0 Å². The van der Waals surface area contributed by atoms with Crippen molar-refractivity contribution in [2.45, 2.75) is 6.92 Å². The minimum Gasteiger partial charge on any atom is -0.460 e. The minimum absolute atomic E-state index is 0.0652. The monoisotopic (exact) mass is 244 g/mol. The Morgan fingerprint density at radius 2 is 2.11 bits per heavy atom. The lowest BCUT2D eigenvalue weighted by Gasteiger charge is -1.93. The lowest BCUT2D eigenvalue weighted by Crippen LogP contribution is -2.06. The fourth-order valence-electron chi connectivity index (χ4n) is 1.31. The second-order valence-electron chi connectivity index (χ2n) is 3.42. The Kier molecular flexibility index (Phi) is 3.86. The first-order valence-corrected chi connectivity index (χ1v) is 5.53. The van der Waals surface area contributed by atoms with E-state index in [1.165, 1.54) is 0 Å². The Hall–Kier alpha value is -2.43. The molecule has 0 saturated heterocycles. The number of aromatic nitrogens is 2. The summed E-state index contributed by atoms with van der Waals surface area (Å²) in [6.07, 6.45) is 3.47. The van der Waals surface area contributed by atoms with Crippen molar-refractivity contribution < 1.29 is 14.1 Å². The third-order valence-corrected chi connectivity index (χ3v) is 2.12. The van der Waals surface area contributed by atoms with Crippen molar-refractivity contribution in [2.24, 2.45) is 0 Å². The van der Waals surface area contributed by atoms with E-state index in [0.717, 1.165) is 5.56 Å². The van der Waals surface area contributed by atoms with Gasteiger partial charge in [-0.1, -0.05) is 30.3 Å². The maximum absolute atomic E-state index is 11.3. The third kappa shape index (κ3) is 3.04. The molecule has 0 fully saturated rings. The number of nitrogens with zero attached hydrogens (tertiary/aromatic N) is 2. The molecule has 0 saturated carbocycles. The van der Waals surface area contributed by atoms with Gasteiger partial charge in [0, 0.05) is 6.08 Å². The summed E-state index contributed by atoms with van der Waals surface area (Å²) in [5, 5.41) is 3.54. The van der Waals surface area contributed by atoms with E-state index in [9.17, 15) is 4.79 Å². The Morgan fingerprint density at radius 1 is 1.33 bits per heavy atom. The summed E-state index contributed by atoms with van der Waals surface area (Å²) in [6, 6.07) is 9.68. The van der Waals surface area contributed by atoms with Gasteiger partial charge in [0.05, 0.1) is 6.61 Å². The Morgan fingerprint density at radius 3 is 2.83 bits per heavy atom. The van der Waals surface area contributed by atoms with E-state index < -0.39 is 5.97 Å². The molecule has 5 heteroatoms. The molecule has 5 nitrogen and oxygen atoms in total. The van der Waals surface area contributed by atoms with Gasteiger partial charge in [0.15, 0.2) is 0 Å². The fourth-order valence-corrected chi connectivity index (χ4v) is 1.31. The molecule has 1 aromatic heterocycles. The molecule has 2 rings (SSSR count). The summed E-state index contributed by atoms with van der Waals surface area (Å²) in [6.45, 7) is 2.00. The topological polar surface area (TPSA) is 65.2 Å². The van der Waals surface area contributed by atoms with E-state index in [-0.39, 0.29) is 18.3 Å². The molecule has 0 bridgehead atoms. The molecule has 1 aromatic carbocycles. The lowest BCUT2D eigenvalue weighted by molar-refractivity contribution is 0.0508. The summed E-state index contributed by atoms with van der Waals surface area (Å²) in [7, 11) is 0. The van der Waals surface area contributed by atoms with E-state index in [1.54, 1.807) is 13.0 Å². The summed E-state index contributed by atoms with van der Waals surface area (Å²) in [5.41, 5.74) is 1.01. The molecule has 0 aliphatic carbocycles. The van der Waals surface area contributed by atoms with Crippen LogP contribution < -0.4 is 0 Å². The molecule has 0 unspecified atom stereocenters. The maximum Gasteiger partial charge on any atom is 0.379 e. The average Bonchev–Trinajstić information content (AvgIpc) is 2.87. The summed E-state index contributed by atoms with van der Waals surface area (Å²) < 4.78 is 9.66. The van der Waals surface area contributed by atoms with Crippen molar-refractivity contribution in [3.63, 3.8) is 0 Å². The lowest BCUT2D eigenvalue weighted by atomic mass is 10.2. The second kappa shape index (κ2) is 5.77. The molecule has 0 atom stereocenters. The minimum atomic E-state index is -0.583. The molecule has 92 valence electrons. The van der Waals surface area contributed by atoms with Gasteiger partial charge in [0.1, 0.15) is 0 Å². The molecule has 0 spiro atoms. The van der Waals surface area contributed by atoms with Crippen molar-refractivity contribution in [1.82, 2.24) is 10.1 Å². The van der Waals surface area contributed by atoms with Crippen LogP contribution in [0.1, 0.15) is 29.0 Å². The van der Waals surface area contributed by atoms with Crippen LogP contribution in [-0.2, 0) is 4.74 Å². The molecule has 18 heavy (non-hydrogen) atoms. The molecule has 1 heterocycles. The van der Waals surface area contributed by atoms with Crippen LogP contribution in [0.3, 0.4) is 0 Å².